The van der Waals surface area contributed by atoms with Crippen molar-refractivity contribution in [2.24, 2.45) is 28.8 Å². The molecule has 2 fully saturated rings. The average molecular weight is 570 g/mol. The first-order valence-electron chi connectivity index (χ1n) is 10.4. The molecule has 1 aromatic rings. The zero-order valence-electron chi connectivity index (χ0n) is 17.5. The lowest BCUT2D eigenvalue weighted by molar-refractivity contribution is -0.145. The molecular formula is C22H22Br2N2O6. The molecular weight excluding hydrogens is 548 g/mol. The molecule has 170 valence electrons. The first-order chi connectivity index (χ1) is 15.4. The Labute approximate surface area is 202 Å². The minimum absolute atomic E-state index is 0.128. The van der Waals surface area contributed by atoms with Gasteiger partial charge >= 0.3 is 5.97 Å². The lowest BCUT2D eigenvalue weighted by Gasteiger charge is -2.16. The predicted molar refractivity (Wildman–Crippen MR) is 122 cm³/mol. The number of amides is 2. The number of hydrogen-bond acceptors (Lipinski definition) is 7. The van der Waals surface area contributed by atoms with Gasteiger partial charge in [0.05, 0.1) is 35.7 Å². The number of imide groups is 1. The summed E-state index contributed by atoms with van der Waals surface area (Å²) in [5, 5.41) is 5.22. The molecule has 4 rings (SSSR count). The van der Waals surface area contributed by atoms with Crippen LogP contribution in [0, 0.1) is 23.7 Å². The molecule has 10 heteroatoms. The van der Waals surface area contributed by atoms with Crippen LogP contribution < -0.4 is 9.47 Å². The summed E-state index contributed by atoms with van der Waals surface area (Å²) in [6, 6.07) is 1.67. The molecule has 2 amide bonds. The van der Waals surface area contributed by atoms with Crippen molar-refractivity contribution in [3.8, 4) is 11.5 Å². The number of nitrogens with zero attached hydrogens (tertiary/aromatic N) is 2. The Hall–Kier alpha value is -2.20. The van der Waals surface area contributed by atoms with Crippen molar-refractivity contribution in [3.05, 3.63) is 32.7 Å². The second kappa shape index (κ2) is 9.35. The summed E-state index contributed by atoms with van der Waals surface area (Å²) in [4.78, 5) is 37.4. The van der Waals surface area contributed by atoms with Crippen molar-refractivity contribution >= 4 is 55.9 Å². The molecule has 0 spiro atoms. The van der Waals surface area contributed by atoms with E-state index in [0.29, 0.717) is 32.6 Å². The maximum Gasteiger partial charge on any atom is 0.344 e. The van der Waals surface area contributed by atoms with E-state index in [1.54, 1.807) is 13.0 Å². The number of carbonyl (C=O) groups excluding carboxylic acids is 3. The molecule has 4 atom stereocenters. The van der Waals surface area contributed by atoms with Crippen LogP contribution in [0.5, 0.6) is 11.5 Å². The Bertz CT molecular complexity index is 994. The molecule has 0 aromatic heterocycles. The van der Waals surface area contributed by atoms with Gasteiger partial charge in [-0.05, 0) is 70.0 Å². The zero-order valence-corrected chi connectivity index (χ0v) is 20.7. The Balaban J connectivity index is 1.57. The highest BCUT2D eigenvalue weighted by molar-refractivity contribution is 9.13. The van der Waals surface area contributed by atoms with E-state index < -0.39 is 5.97 Å². The highest BCUT2D eigenvalue weighted by atomic mass is 79.9. The fourth-order valence-corrected chi connectivity index (χ4v) is 5.49. The molecule has 32 heavy (non-hydrogen) atoms. The number of halogens is 2. The van der Waals surface area contributed by atoms with E-state index in [0.717, 1.165) is 11.4 Å². The normalized spacial score (nSPS) is 25.7. The van der Waals surface area contributed by atoms with Gasteiger partial charge < -0.3 is 14.2 Å². The molecule has 0 N–H and O–H groups in total. The van der Waals surface area contributed by atoms with Crippen molar-refractivity contribution in [3.63, 3.8) is 0 Å². The second-order valence-electron chi connectivity index (χ2n) is 7.68. The van der Waals surface area contributed by atoms with Gasteiger partial charge in [0.1, 0.15) is 0 Å². The maximum atomic E-state index is 12.8. The van der Waals surface area contributed by atoms with Crippen LogP contribution in [0.4, 0.5) is 0 Å². The number of esters is 1. The van der Waals surface area contributed by atoms with Gasteiger partial charge in [0.2, 0.25) is 0 Å². The number of hydrazone groups is 1. The smallest absolute Gasteiger partial charge is 0.344 e. The predicted octanol–water partition coefficient (Wildman–Crippen LogP) is 3.69. The van der Waals surface area contributed by atoms with Crippen LogP contribution in [-0.2, 0) is 19.1 Å². The third-order valence-corrected chi connectivity index (χ3v) is 8.00. The topological polar surface area (TPSA) is 94.5 Å². The standard InChI is InChI=1S/C22H22Br2N2O6/c1-3-30-14-8-13(18(23)19(24)20(14)32-10-15(27)31-4-2)9-25-26-21(28)16-11-5-6-12(7-11)17(16)22(26)29/h5-6,8-9,11-12,16-17H,3-4,7,10H2,1-2H3/t11-,12-,16-,17+/m0/s1. The van der Waals surface area contributed by atoms with E-state index in [9.17, 15) is 14.4 Å². The summed E-state index contributed by atoms with van der Waals surface area (Å²) in [5.74, 6) is -0.634. The van der Waals surface area contributed by atoms with Crippen LogP contribution in [0.2, 0.25) is 0 Å². The SMILES string of the molecule is CCOC(=O)COc1c(OCC)cc(C=NN2C(=O)[C@@H]3[C@H](C2=O)[C@H]2C=C[C@H]3C2)c(Br)c1Br. The van der Waals surface area contributed by atoms with Crippen molar-refractivity contribution in [2.45, 2.75) is 20.3 Å². The number of hydrogen-bond donors (Lipinski definition) is 0. The van der Waals surface area contributed by atoms with Gasteiger partial charge in [-0.2, -0.15) is 10.1 Å². The highest BCUT2D eigenvalue weighted by Crippen LogP contribution is 2.52. The monoisotopic (exact) mass is 568 g/mol. The summed E-state index contributed by atoms with van der Waals surface area (Å²) in [6.45, 7) is 3.88. The summed E-state index contributed by atoms with van der Waals surface area (Å²) in [7, 11) is 0. The zero-order chi connectivity index (χ0) is 23.0. The molecule has 0 unspecified atom stereocenters. The molecule has 1 saturated heterocycles. The van der Waals surface area contributed by atoms with Crippen molar-refractivity contribution in [1.29, 1.82) is 0 Å². The number of benzene rings is 1. The number of allylic oxidation sites excluding steroid dienone is 2. The Morgan fingerprint density at radius 2 is 1.75 bits per heavy atom. The summed E-state index contributed by atoms with van der Waals surface area (Å²) in [5.41, 5.74) is 0.572. The first-order valence-corrected chi connectivity index (χ1v) is 12.0. The van der Waals surface area contributed by atoms with Crippen molar-refractivity contribution in [1.82, 2.24) is 5.01 Å². The molecule has 8 nitrogen and oxygen atoms in total. The minimum Gasteiger partial charge on any atom is -0.490 e. The van der Waals surface area contributed by atoms with Crippen LogP contribution in [0.1, 0.15) is 25.8 Å². The number of carbonyl (C=O) groups is 3. The summed E-state index contributed by atoms with van der Waals surface area (Å²) in [6.07, 6.45) is 6.40. The fourth-order valence-electron chi connectivity index (χ4n) is 4.55. The van der Waals surface area contributed by atoms with E-state index in [4.69, 9.17) is 14.2 Å². The van der Waals surface area contributed by atoms with E-state index in [-0.39, 0.29) is 48.7 Å². The van der Waals surface area contributed by atoms with E-state index >= 15 is 0 Å². The third kappa shape index (κ3) is 3.98. The Morgan fingerprint density at radius 3 is 2.34 bits per heavy atom. The largest absolute Gasteiger partial charge is 0.490 e. The van der Waals surface area contributed by atoms with Gasteiger partial charge in [-0.25, -0.2) is 4.79 Å². The van der Waals surface area contributed by atoms with Gasteiger partial charge in [-0.1, -0.05) is 12.2 Å². The van der Waals surface area contributed by atoms with Crippen molar-refractivity contribution in [2.75, 3.05) is 19.8 Å². The van der Waals surface area contributed by atoms with Gasteiger partial charge in [0, 0.05) is 10.0 Å². The van der Waals surface area contributed by atoms with Gasteiger partial charge in [0.25, 0.3) is 11.8 Å². The molecule has 1 aromatic carbocycles. The van der Waals surface area contributed by atoms with Gasteiger partial charge in [-0.15, -0.1) is 0 Å². The van der Waals surface area contributed by atoms with Crippen LogP contribution in [0.3, 0.4) is 0 Å². The third-order valence-electron chi connectivity index (χ3n) is 5.85. The second-order valence-corrected chi connectivity index (χ2v) is 9.27. The van der Waals surface area contributed by atoms with E-state index in [1.165, 1.54) is 6.21 Å². The number of fused-ring (bicyclic) bond motifs is 5. The van der Waals surface area contributed by atoms with Gasteiger partial charge in [-0.3, -0.25) is 9.59 Å². The quantitative estimate of drug-likeness (QED) is 0.205. The van der Waals surface area contributed by atoms with E-state index in [1.807, 2.05) is 19.1 Å². The molecule has 2 bridgehead atoms. The average Bonchev–Trinajstić information content (AvgIpc) is 3.44. The van der Waals surface area contributed by atoms with Crippen LogP contribution in [-0.4, -0.2) is 48.8 Å². The van der Waals surface area contributed by atoms with Crippen LogP contribution in [0.25, 0.3) is 0 Å². The van der Waals surface area contributed by atoms with Crippen LogP contribution in [0.15, 0.2) is 32.3 Å². The Morgan fingerprint density at radius 1 is 1.09 bits per heavy atom. The van der Waals surface area contributed by atoms with Crippen LogP contribution >= 0.6 is 31.9 Å². The lowest BCUT2D eigenvalue weighted by atomic mass is 9.85. The molecule has 1 heterocycles. The molecule has 3 aliphatic rings. The molecule has 1 aliphatic heterocycles. The van der Waals surface area contributed by atoms with Crippen molar-refractivity contribution < 1.29 is 28.6 Å². The number of ether oxygens (including phenoxy) is 3. The molecule has 2 aliphatic carbocycles. The minimum atomic E-state index is -0.497. The fraction of sp³-hybridized carbons (Fsp3) is 0.455. The highest BCUT2D eigenvalue weighted by Gasteiger charge is 2.59. The maximum absolute atomic E-state index is 12.8. The summed E-state index contributed by atoms with van der Waals surface area (Å²) >= 11 is 6.94. The van der Waals surface area contributed by atoms with Gasteiger partial charge in [0.15, 0.2) is 18.1 Å². The van der Waals surface area contributed by atoms with E-state index in [2.05, 4.69) is 37.0 Å². The summed E-state index contributed by atoms with van der Waals surface area (Å²) < 4.78 is 17.3. The first kappa shape index (κ1) is 23.0. The molecule has 0 radical (unpaired) electrons. The Kier molecular flexibility index (Phi) is 6.71. The lowest BCUT2D eigenvalue weighted by Crippen LogP contribution is -2.28. The molecule has 1 saturated carbocycles. The number of rotatable bonds is 8.